The fraction of sp³-hybridized carbons (Fsp3) is 0.625. The Hall–Kier alpha value is -0.340. The third kappa shape index (κ3) is 2.65. The van der Waals surface area contributed by atoms with Crippen LogP contribution in [-0.2, 0) is 5.41 Å². The molecule has 1 aliphatic carbocycles. The molecular formula is C16H24BrN. The van der Waals surface area contributed by atoms with Crippen molar-refractivity contribution >= 4 is 15.9 Å². The molecule has 1 saturated carbocycles. The van der Waals surface area contributed by atoms with Gasteiger partial charge in [-0.3, -0.25) is 0 Å². The minimum Gasteiger partial charge on any atom is -0.311 e. The van der Waals surface area contributed by atoms with Crippen molar-refractivity contribution in [2.24, 2.45) is 5.92 Å². The normalized spacial score (nSPS) is 27.9. The Morgan fingerprint density at radius 1 is 1.33 bits per heavy atom. The van der Waals surface area contributed by atoms with Gasteiger partial charge in [-0.05, 0) is 51.2 Å². The molecule has 0 aromatic heterocycles. The summed E-state index contributed by atoms with van der Waals surface area (Å²) in [6.45, 7) is 10.2. The summed E-state index contributed by atoms with van der Waals surface area (Å²) < 4.78 is 1.26. The third-order valence-corrected chi connectivity index (χ3v) is 5.00. The quantitative estimate of drug-likeness (QED) is 0.866. The van der Waals surface area contributed by atoms with Crippen LogP contribution in [0.25, 0.3) is 0 Å². The molecule has 2 rings (SSSR count). The zero-order valence-electron chi connectivity index (χ0n) is 11.9. The molecular weight excluding hydrogens is 286 g/mol. The lowest BCUT2D eigenvalue weighted by Gasteiger charge is -2.50. The SMILES string of the molecule is CC1CCC1(CNC(C)(C)C)c1ccccc1Br. The number of halogens is 1. The minimum absolute atomic E-state index is 0.184. The van der Waals surface area contributed by atoms with Gasteiger partial charge in [-0.15, -0.1) is 0 Å². The highest BCUT2D eigenvalue weighted by Gasteiger charge is 2.46. The van der Waals surface area contributed by atoms with Crippen LogP contribution in [0.5, 0.6) is 0 Å². The number of nitrogens with one attached hydrogen (secondary N) is 1. The van der Waals surface area contributed by atoms with Crippen molar-refractivity contribution in [3.63, 3.8) is 0 Å². The van der Waals surface area contributed by atoms with Gasteiger partial charge in [-0.2, -0.15) is 0 Å². The summed E-state index contributed by atoms with van der Waals surface area (Å²) in [5.41, 5.74) is 1.97. The van der Waals surface area contributed by atoms with Gasteiger partial charge in [0.1, 0.15) is 0 Å². The van der Waals surface area contributed by atoms with E-state index >= 15 is 0 Å². The summed E-state index contributed by atoms with van der Waals surface area (Å²) in [6, 6.07) is 8.70. The molecule has 0 amide bonds. The molecule has 1 fully saturated rings. The van der Waals surface area contributed by atoms with Crippen molar-refractivity contribution in [1.29, 1.82) is 0 Å². The van der Waals surface area contributed by atoms with Crippen LogP contribution in [-0.4, -0.2) is 12.1 Å². The van der Waals surface area contributed by atoms with E-state index in [2.05, 4.69) is 73.2 Å². The second kappa shape index (κ2) is 4.97. The molecule has 1 aromatic rings. The molecule has 0 saturated heterocycles. The first-order valence-corrected chi connectivity index (χ1v) is 7.64. The largest absolute Gasteiger partial charge is 0.311 e. The lowest BCUT2D eigenvalue weighted by Crippen LogP contribution is -2.54. The highest BCUT2D eigenvalue weighted by molar-refractivity contribution is 9.10. The maximum atomic E-state index is 3.73. The van der Waals surface area contributed by atoms with E-state index in [1.807, 2.05) is 0 Å². The van der Waals surface area contributed by atoms with Gasteiger partial charge in [0.2, 0.25) is 0 Å². The Bertz CT molecular complexity index is 421. The Morgan fingerprint density at radius 3 is 2.44 bits per heavy atom. The standard InChI is InChI=1S/C16H24BrN/c1-12-9-10-16(12,11-18-15(2,3)4)13-7-5-6-8-14(13)17/h5-8,12,18H,9-11H2,1-4H3. The van der Waals surface area contributed by atoms with Gasteiger partial charge in [0.25, 0.3) is 0 Å². The maximum Gasteiger partial charge on any atom is 0.0213 e. The van der Waals surface area contributed by atoms with Crippen LogP contribution in [0.1, 0.15) is 46.1 Å². The highest BCUT2D eigenvalue weighted by atomic mass is 79.9. The zero-order chi connectivity index (χ0) is 13.4. The van der Waals surface area contributed by atoms with Crippen molar-refractivity contribution in [2.75, 3.05) is 6.54 Å². The van der Waals surface area contributed by atoms with E-state index in [4.69, 9.17) is 0 Å². The second-order valence-corrected chi connectivity index (χ2v) is 7.53. The van der Waals surface area contributed by atoms with Crippen LogP contribution in [0.4, 0.5) is 0 Å². The third-order valence-electron chi connectivity index (χ3n) is 4.31. The van der Waals surface area contributed by atoms with Crippen LogP contribution in [0.15, 0.2) is 28.7 Å². The van der Waals surface area contributed by atoms with Crippen LogP contribution >= 0.6 is 15.9 Å². The fourth-order valence-corrected chi connectivity index (χ4v) is 3.51. The molecule has 0 radical (unpaired) electrons. The molecule has 0 bridgehead atoms. The summed E-state index contributed by atoms with van der Waals surface area (Å²) in [5.74, 6) is 0.756. The molecule has 100 valence electrons. The van der Waals surface area contributed by atoms with Crippen molar-refractivity contribution in [3.05, 3.63) is 34.3 Å². The second-order valence-electron chi connectivity index (χ2n) is 6.68. The van der Waals surface area contributed by atoms with E-state index < -0.39 is 0 Å². The Labute approximate surface area is 119 Å². The predicted molar refractivity (Wildman–Crippen MR) is 82.0 cm³/mol. The lowest BCUT2D eigenvalue weighted by atomic mass is 9.57. The van der Waals surface area contributed by atoms with Crippen molar-refractivity contribution in [2.45, 2.75) is 51.5 Å². The number of benzene rings is 1. The average Bonchev–Trinajstić information content (AvgIpc) is 2.28. The van der Waals surface area contributed by atoms with E-state index in [1.165, 1.54) is 22.9 Å². The van der Waals surface area contributed by atoms with Crippen LogP contribution in [0, 0.1) is 5.92 Å². The molecule has 2 heteroatoms. The molecule has 2 atom stereocenters. The van der Waals surface area contributed by atoms with Crippen LogP contribution < -0.4 is 5.32 Å². The lowest BCUT2D eigenvalue weighted by molar-refractivity contribution is 0.123. The Morgan fingerprint density at radius 2 is 2.00 bits per heavy atom. The van der Waals surface area contributed by atoms with Gasteiger partial charge in [0.15, 0.2) is 0 Å². The van der Waals surface area contributed by atoms with E-state index in [-0.39, 0.29) is 5.54 Å². The number of hydrogen-bond donors (Lipinski definition) is 1. The summed E-state index contributed by atoms with van der Waals surface area (Å²) in [6.07, 6.45) is 2.63. The van der Waals surface area contributed by atoms with Gasteiger partial charge < -0.3 is 5.32 Å². The Kier molecular flexibility index (Phi) is 3.89. The number of rotatable bonds is 3. The summed E-state index contributed by atoms with van der Waals surface area (Å²) >= 11 is 3.73. The van der Waals surface area contributed by atoms with Crippen molar-refractivity contribution in [1.82, 2.24) is 5.32 Å². The molecule has 1 N–H and O–H groups in total. The zero-order valence-corrected chi connectivity index (χ0v) is 13.5. The molecule has 2 unspecified atom stereocenters. The van der Waals surface area contributed by atoms with Crippen molar-refractivity contribution < 1.29 is 0 Å². The summed E-state index contributed by atoms with van der Waals surface area (Å²) in [5, 5.41) is 3.70. The molecule has 1 nitrogen and oxygen atoms in total. The topological polar surface area (TPSA) is 12.0 Å². The van der Waals surface area contributed by atoms with Gasteiger partial charge in [0.05, 0.1) is 0 Å². The van der Waals surface area contributed by atoms with Crippen LogP contribution in [0.2, 0.25) is 0 Å². The predicted octanol–water partition coefficient (Wildman–Crippen LogP) is 4.50. The average molecular weight is 310 g/mol. The van der Waals surface area contributed by atoms with Gasteiger partial charge >= 0.3 is 0 Å². The monoisotopic (exact) mass is 309 g/mol. The molecule has 1 aliphatic rings. The van der Waals surface area contributed by atoms with Gasteiger partial charge in [-0.1, -0.05) is 41.1 Å². The molecule has 0 spiro atoms. The van der Waals surface area contributed by atoms with Crippen LogP contribution in [0.3, 0.4) is 0 Å². The number of hydrogen-bond acceptors (Lipinski definition) is 1. The van der Waals surface area contributed by atoms with Gasteiger partial charge in [-0.25, -0.2) is 0 Å². The Balaban J connectivity index is 2.26. The molecule has 0 aliphatic heterocycles. The van der Waals surface area contributed by atoms with E-state index in [9.17, 15) is 0 Å². The van der Waals surface area contributed by atoms with Gasteiger partial charge in [0, 0.05) is 22.0 Å². The van der Waals surface area contributed by atoms with E-state index in [0.29, 0.717) is 5.41 Å². The van der Waals surface area contributed by atoms with E-state index in [0.717, 1.165) is 12.5 Å². The smallest absolute Gasteiger partial charge is 0.0213 e. The minimum atomic E-state index is 0.184. The molecule has 0 heterocycles. The maximum absolute atomic E-state index is 3.73. The summed E-state index contributed by atoms with van der Waals surface area (Å²) in [4.78, 5) is 0. The van der Waals surface area contributed by atoms with E-state index in [1.54, 1.807) is 0 Å². The first kappa shape index (κ1) is 14.1. The molecule has 1 aromatic carbocycles. The van der Waals surface area contributed by atoms with Crippen molar-refractivity contribution in [3.8, 4) is 0 Å². The molecule has 18 heavy (non-hydrogen) atoms. The first-order valence-electron chi connectivity index (χ1n) is 6.85. The summed E-state index contributed by atoms with van der Waals surface area (Å²) in [7, 11) is 0. The fourth-order valence-electron chi connectivity index (χ4n) is 2.83. The first-order chi connectivity index (χ1) is 8.35. The highest BCUT2D eigenvalue weighted by Crippen LogP contribution is 2.50.